The number of allylic oxidation sites excluding steroid dienone is 6. The normalized spacial score (nSPS) is 14.6. The molecule has 1 aromatic carbocycles. The average Bonchev–Trinajstić information content (AvgIpc) is 2.57. The maximum Gasteiger partial charge on any atom is 0.126 e. The highest BCUT2D eigenvalue weighted by Crippen LogP contribution is 2.27. The average molecular weight is 198 g/mol. The third-order valence-electron chi connectivity index (χ3n) is 2.41. The van der Waals surface area contributed by atoms with Gasteiger partial charge in [-0.25, -0.2) is 0 Å². The van der Waals surface area contributed by atoms with Crippen molar-refractivity contribution in [1.82, 2.24) is 0 Å². The molecule has 0 amide bonds. The van der Waals surface area contributed by atoms with E-state index in [1.165, 1.54) is 5.57 Å². The van der Waals surface area contributed by atoms with Crippen LogP contribution in [0.3, 0.4) is 0 Å². The van der Waals surface area contributed by atoms with Crippen molar-refractivity contribution in [3.8, 4) is 5.75 Å². The van der Waals surface area contributed by atoms with Crippen LogP contribution in [0, 0.1) is 0 Å². The number of ether oxygens (including phenoxy) is 1. The van der Waals surface area contributed by atoms with Crippen molar-refractivity contribution in [2.75, 3.05) is 7.11 Å². The van der Waals surface area contributed by atoms with Crippen molar-refractivity contribution in [3.05, 3.63) is 60.2 Å². The molecule has 0 heterocycles. The van der Waals surface area contributed by atoms with Crippen molar-refractivity contribution < 1.29 is 4.74 Å². The minimum Gasteiger partial charge on any atom is -0.496 e. The topological polar surface area (TPSA) is 9.23 Å². The van der Waals surface area contributed by atoms with Crippen LogP contribution >= 0.6 is 0 Å². The summed E-state index contributed by atoms with van der Waals surface area (Å²) in [6.07, 6.45) is 11.6. The van der Waals surface area contributed by atoms with E-state index in [9.17, 15) is 0 Å². The van der Waals surface area contributed by atoms with Crippen LogP contribution in [-0.4, -0.2) is 7.11 Å². The second-order valence-electron chi connectivity index (χ2n) is 3.38. The van der Waals surface area contributed by atoms with E-state index in [1.807, 2.05) is 18.2 Å². The van der Waals surface area contributed by atoms with Crippen molar-refractivity contribution in [2.45, 2.75) is 6.42 Å². The Balaban J connectivity index is 2.40. The van der Waals surface area contributed by atoms with Crippen LogP contribution in [-0.2, 0) is 0 Å². The highest BCUT2D eigenvalue weighted by molar-refractivity contribution is 5.78. The van der Waals surface area contributed by atoms with Gasteiger partial charge in [-0.3, -0.25) is 0 Å². The van der Waals surface area contributed by atoms with Crippen LogP contribution in [0.2, 0.25) is 0 Å². The smallest absolute Gasteiger partial charge is 0.126 e. The monoisotopic (exact) mass is 198 g/mol. The molecule has 0 spiro atoms. The molecular weight excluding hydrogens is 184 g/mol. The van der Waals surface area contributed by atoms with E-state index in [-0.39, 0.29) is 0 Å². The lowest BCUT2D eigenvalue weighted by molar-refractivity contribution is 0.413. The van der Waals surface area contributed by atoms with Crippen LogP contribution in [0.25, 0.3) is 5.57 Å². The van der Waals surface area contributed by atoms with Crippen molar-refractivity contribution in [1.29, 1.82) is 0 Å². The standard InChI is InChI=1S/C14H14O/c1-15-14-11-7-6-10-13(14)12-8-4-2-3-5-9-12/h2-4,6-11H,5H2,1H3. The van der Waals surface area contributed by atoms with Gasteiger partial charge in [0.25, 0.3) is 0 Å². The van der Waals surface area contributed by atoms with Gasteiger partial charge in [0.2, 0.25) is 0 Å². The summed E-state index contributed by atoms with van der Waals surface area (Å²) in [5, 5.41) is 0. The van der Waals surface area contributed by atoms with Crippen LogP contribution in [0.1, 0.15) is 12.0 Å². The molecule has 1 aliphatic carbocycles. The lowest BCUT2D eigenvalue weighted by Crippen LogP contribution is -1.89. The molecule has 1 heteroatoms. The van der Waals surface area contributed by atoms with Crippen LogP contribution in [0.15, 0.2) is 54.6 Å². The summed E-state index contributed by atoms with van der Waals surface area (Å²) in [7, 11) is 1.71. The summed E-state index contributed by atoms with van der Waals surface area (Å²) in [4.78, 5) is 0. The van der Waals surface area contributed by atoms with E-state index in [0.29, 0.717) is 0 Å². The number of benzene rings is 1. The van der Waals surface area contributed by atoms with Gasteiger partial charge in [-0.2, -0.15) is 0 Å². The molecule has 0 fully saturated rings. The van der Waals surface area contributed by atoms with Crippen LogP contribution < -0.4 is 4.74 Å². The summed E-state index contributed by atoms with van der Waals surface area (Å²) < 4.78 is 5.34. The number of methoxy groups -OCH3 is 1. The third kappa shape index (κ3) is 2.18. The lowest BCUT2D eigenvalue weighted by atomic mass is 10.0. The first kappa shape index (κ1) is 9.78. The fourth-order valence-electron chi connectivity index (χ4n) is 1.66. The Labute approximate surface area is 90.4 Å². The largest absolute Gasteiger partial charge is 0.496 e. The molecular formula is C14H14O. The summed E-state index contributed by atoms with van der Waals surface area (Å²) in [5.41, 5.74) is 2.37. The molecule has 0 saturated heterocycles. The second kappa shape index (κ2) is 4.65. The van der Waals surface area contributed by atoms with Crippen molar-refractivity contribution >= 4 is 5.57 Å². The molecule has 0 atom stereocenters. The Morgan fingerprint density at radius 2 is 2.00 bits per heavy atom. The first-order chi connectivity index (χ1) is 7.42. The van der Waals surface area contributed by atoms with Crippen molar-refractivity contribution in [2.24, 2.45) is 0 Å². The molecule has 1 aliphatic rings. The number of rotatable bonds is 2. The molecule has 0 N–H and O–H groups in total. The molecule has 0 unspecified atom stereocenters. The van der Waals surface area contributed by atoms with Gasteiger partial charge in [0.15, 0.2) is 0 Å². The molecule has 0 aliphatic heterocycles. The quantitative estimate of drug-likeness (QED) is 0.705. The van der Waals surface area contributed by atoms with E-state index in [1.54, 1.807) is 7.11 Å². The van der Waals surface area contributed by atoms with Gasteiger partial charge in [0.1, 0.15) is 5.75 Å². The number of para-hydroxylation sites is 1. The zero-order valence-electron chi connectivity index (χ0n) is 8.81. The molecule has 0 saturated carbocycles. The molecule has 1 aromatic rings. The maximum atomic E-state index is 5.34. The summed E-state index contributed by atoms with van der Waals surface area (Å²) in [6, 6.07) is 8.09. The number of hydrogen-bond donors (Lipinski definition) is 0. The first-order valence-corrected chi connectivity index (χ1v) is 5.08. The van der Waals surface area contributed by atoms with Gasteiger partial charge < -0.3 is 4.74 Å². The Hall–Kier alpha value is -1.76. The Kier molecular flexibility index (Phi) is 3.03. The van der Waals surface area contributed by atoms with Gasteiger partial charge in [-0.15, -0.1) is 0 Å². The zero-order valence-corrected chi connectivity index (χ0v) is 8.81. The first-order valence-electron chi connectivity index (χ1n) is 5.08. The van der Waals surface area contributed by atoms with Crippen LogP contribution in [0.5, 0.6) is 5.75 Å². The van der Waals surface area contributed by atoms with Crippen molar-refractivity contribution in [3.63, 3.8) is 0 Å². The highest BCUT2D eigenvalue weighted by Gasteiger charge is 2.04. The molecule has 2 rings (SSSR count). The predicted octanol–water partition coefficient (Wildman–Crippen LogP) is 3.59. The maximum absolute atomic E-state index is 5.34. The molecule has 15 heavy (non-hydrogen) atoms. The molecule has 76 valence electrons. The van der Waals surface area contributed by atoms with E-state index in [2.05, 4.69) is 36.4 Å². The fraction of sp³-hybridized carbons (Fsp3) is 0.143. The molecule has 0 aromatic heterocycles. The number of hydrogen-bond acceptors (Lipinski definition) is 1. The summed E-state index contributed by atoms with van der Waals surface area (Å²) in [5.74, 6) is 0.926. The summed E-state index contributed by atoms with van der Waals surface area (Å²) >= 11 is 0. The molecule has 0 bridgehead atoms. The van der Waals surface area contributed by atoms with E-state index in [0.717, 1.165) is 17.7 Å². The molecule has 1 nitrogen and oxygen atoms in total. The highest BCUT2D eigenvalue weighted by atomic mass is 16.5. The van der Waals surface area contributed by atoms with Gasteiger partial charge in [-0.1, -0.05) is 48.6 Å². The van der Waals surface area contributed by atoms with E-state index >= 15 is 0 Å². The SMILES string of the molecule is COc1ccccc1C1=CCC=CC=C1. The van der Waals surface area contributed by atoms with Gasteiger partial charge >= 0.3 is 0 Å². The zero-order chi connectivity index (χ0) is 10.5. The van der Waals surface area contributed by atoms with Crippen LogP contribution in [0.4, 0.5) is 0 Å². The summed E-state index contributed by atoms with van der Waals surface area (Å²) in [6.45, 7) is 0. The molecule has 0 radical (unpaired) electrons. The lowest BCUT2D eigenvalue weighted by Gasteiger charge is -2.08. The third-order valence-corrected chi connectivity index (χ3v) is 2.41. The Bertz CT molecular complexity index is 425. The second-order valence-corrected chi connectivity index (χ2v) is 3.38. The van der Waals surface area contributed by atoms with Gasteiger partial charge in [-0.05, 0) is 18.1 Å². The van der Waals surface area contributed by atoms with Gasteiger partial charge in [0.05, 0.1) is 7.11 Å². The fourth-order valence-corrected chi connectivity index (χ4v) is 1.66. The predicted molar refractivity (Wildman–Crippen MR) is 63.9 cm³/mol. The van der Waals surface area contributed by atoms with E-state index in [4.69, 9.17) is 4.74 Å². The Morgan fingerprint density at radius 1 is 1.13 bits per heavy atom. The Morgan fingerprint density at radius 3 is 2.87 bits per heavy atom. The minimum absolute atomic E-state index is 0.926. The van der Waals surface area contributed by atoms with E-state index < -0.39 is 0 Å². The minimum atomic E-state index is 0.926. The van der Waals surface area contributed by atoms with Gasteiger partial charge in [0, 0.05) is 5.56 Å².